The fourth-order valence-corrected chi connectivity index (χ4v) is 1.59. The largest absolute Gasteiger partial charge is 0.504 e. The smallest absolute Gasteiger partial charge is 0.307 e. The summed E-state index contributed by atoms with van der Waals surface area (Å²) in [4.78, 5) is 22.4. The van der Waals surface area contributed by atoms with Crippen molar-refractivity contribution in [2.75, 3.05) is 5.75 Å². The first-order chi connectivity index (χ1) is 8.36. The summed E-state index contributed by atoms with van der Waals surface area (Å²) in [5.74, 6) is -2.81. The SMILES string of the molecule is N[C@@H](CS)C(=O)c1cc(CC(=O)O)cc(O)c1O. The lowest BCUT2D eigenvalue weighted by Crippen LogP contribution is -2.32. The highest BCUT2D eigenvalue weighted by Gasteiger charge is 2.21. The number of carbonyl (C=O) groups excluding carboxylic acids is 1. The maximum absolute atomic E-state index is 11.8. The van der Waals surface area contributed by atoms with E-state index in [1.807, 2.05) is 0 Å². The van der Waals surface area contributed by atoms with Crippen molar-refractivity contribution < 1.29 is 24.9 Å². The summed E-state index contributed by atoms with van der Waals surface area (Å²) in [6.07, 6.45) is -0.371. The Hall–Kier alpha value is -1.73. The highest BCUT2D eigenvalue weighted by atomic mass is 32.1. The van der Waals surface area contributed by atoms with Gasteiger partial charge in [0, 0.05) is 5.75 Å². The number of hydrogen-bond donors (Lipinski definition) is 5. The van der Waals surface area contributed by atoms with Gasteiger partial charge in [-0.05, 0) is 17.7 Å². The van der Waals surface area contributed by atoms with E-state index in [9.17, 15) is 19.8 Å². The Bertz CT molecular complexity index is 489. The number of rotatable bonds is 5. The van der Waals surface area contributed by atoms with Gasteiger partial charge in [-0.25, -0.2) is 0 Å². The highest BCUT2D eigenvalue weighted by Crippen LogP contribution is 2.31. The third kappa shape index (κ3) is 3.14. The van der Waals surface area contributed by atoms with Gasteiger partial charge in [0.1, 0.15) is 0 Å². The second-order valence-corrected chi connectivity index (χ2v) is 4.10. The highest BCUT2D eigenvalue weighted by molar-refractivity contribution is 7.80. The molecule has 0 saturated carbocycles. The summed E-state index contributed by atoms with van der Waals surface area (Å²) in [5, 5.41) is 27.7. The topological polar surface area (TPSA) is 121 Å². The predicted octanol–water partition coefficient (Wildman–Crippen LogP) is 0.165. The van der Waals surface area contributed by atoms with Crippen molar-refractivity contribution in [1.29, 1.82) is 0 Å². The van der Waals surface area contributed by atoms with E-state index in [0.717, 1.165) is 6.07 Å². The Morgan fingerprint density at radius 1 is 1.33 bits per heavy atom. The fraction of sp³-hybridized carbons (Fsp3) is 0.273. The van der Waals surface area contributed by atoms with Crippen LogP contribution in [-0.4, -0.2) is 38.9 Å². The van der Waals surface area contributed by atoms with Gasteiger partial charge < -0.3 is 21.1 Å². The molecule has 5 N–H and O–H groups in total. The average molecular weight is 271 g/mol. The van der Waals surface area contributed by atoms with E-state index in [0.29, 0.717) is 0 Å². The fourth-order valence-electron chi connectivity index (χ4n) is 1.42. The summed E-state index contributed by atoms with van der Waals surface area (Å²) in [5.41, 5.74) is 5.48. The van der Waals surface area contributed by atoms with Crippen molar-refractivity contribution in [1.82, 2.24) is 0 Å². The quantitative estimate of drug-likeness (QED) is 0.295. The van der Waals surface area contributed by atoms with Gasteiger partial charge in [0.05, 0.1) is 18.0 Å². The van der Waals surface area contributed by atoms with Crippen LogP contribution in [0.5, 0.6) is 11.5 Å². The van der Waals surface area contributed by atoms with Crippen molar-refractivity contribution >= 4 is 24.4 Å². The number of Topliss-reactive ketones (excluding diaryl/α,β-unsaturated/α-hetero) is 1. The van der Waals surface area contributed by atoms with Gasteiger partial charge in [-0.2, -0.15) is 12.6 Å². The lowest BCUT2D eigenvalue weighted by molar-refractivity contribution is -0.136. The molecule has 0 aromatic heterocycles. The molecule has 0 saturated heterocycles. The van der Waals surface area contributed by atoms with Crippen molar-refractivity contribution in [3.05, 3.63) is 23.3 Å². The van der Waals surface area contributed by atoms with Crippen molar-refractivity contribution in [2.45, 2.75) is 12.5 Å². The average Bonchev–Trinajstić information content (AvgIpc) is 2.30. The maximum Gasteiger partial charge on any atom is 0.307 e. The molecule has 6 nitrogen and oxygen atoms in total. The molecule has 0 radical (unpaired) electrons. The number of phenols is 2. The predicted molar refractivity (Wildman–Crippen MR) is 67.3 cm³/mol. The molecule has 98 valence electrons. The normalized spacial score (nSPS) is 12.1. The Balaban J connectivity index is 3.21. The maximum atomic E-state index is 11.8. The van der Waals surface area contributed by atoms with Crippen LogP contribution >= 0.6 is 12.6 Å². The third-order valence-corrected chi connectivity index (χ3v) is 2.70. The second kappa shape index (κ2) is 5.74. The van der Waals surface area contributed by atoms with E-state index >= 15 is 0 Å². The number of hydrogen-bond acceptors (Lipinski definition) is 6. The van der Waals surface area contributed by atoms with E-state index in [-0.39, 0.29) is 23.3 Å². The standard InChI is InChI=1S/C11H13NO5S/c12-7(4-18)10(16)6-1-5(3-9(14)15)2-8(13)11(6)17/h1-2,7,13,17-18H,3-4,12H2,(H,14,15)/t7-/m0/s1. The summed E-state index contributed by atoms with van der Waals surface area (Å²) in [6, 6.07) is 1.36. The van der Waals surface area contributed by atoms with E-state index < -0.39 is 29.3 Å². The number of thiol groups is 1. The molecule has 0 spiro atoms. The van der Waals surface area contributed by atoms with Crippen LogP contribution in [0.25, 0.3) is 0 Å². The van der Waals surface area contributed by atoms with Crippen LogP contribution in [0.1, 0.15) is 15.9 Å². The first kappa shape index (κ1) is 14.3. The Morgan fingerprint density at radius 3 is 2.44 bits per heavy atom. The van der Waals surface area contributed by atoms with E-state index in [1.54, 1.807) is 0 Å². The molecule has 1 aromatic rings. The van der Waals surface area contributed by atoms with Crippen molar-refractivity contribution in [2.24, 2.45) is 5.73 Å². The molecular weight excluding hydrogens is 258 g/mol. The van der Waals surface area contributed by atoms with Gasteiger partial charge in [-0.1, -0.05) is 0 Å². The summed E-state index contributed by atoms with van der Waals surface area (Å²) >= 11 is 3.86. The molecule has 0 unspecified atom stereocenters. The van der Waals surface area contributed by atoms with Crippen LogP contribution in [0.3, 0.4) is 0 Å². The molecule has 0 aliphatic heterocycles. The Morgan fingerprint density at radius 2 is 1.94 bits per heavy atom. The Kier molecular flexibility index (Phi) is 4.57. The number of phenolic OH excluding ortho intramolecular Hbond substituents is 2. The molecule has 1 aromatic carbocycles. The number of nitrogens with two attached hydrogens (primary N) is 1. The van der Waals surface area contributed by atoms with Gasteiger partial charge in [0.2, 0.25) is 0 Å². The zero-order chi connectivity index (χ0) is 13.9. The number of aromatic hydroxyl groups is 2. The van der Waals surface area contributed by atoms with Crippen LogP contribution < -0.4 is 5.73 Å². The van der Waals surface area contributed by atoms with Crippen LogP contribution in [0, 0.1) is 0 Å². The third-order valence-electron chi connectivity index (χ3n) is 2.30. The van der Waals surface area contributed by atoms with E-state index in [4.69, 9.17) is 10.8 Å². The minimum atomic E-state index is -1.11. The zero-order valence-electron chi connectivity index (χ0n) is 9.33. The number of aliphatic carboxylic acids is 1. The van der Waals surface area contributed by atoms with Gasteiger partial charge in [-0.3, -0.25) is 9.59 Å². The molecule has 0 fully saturated rings. The first-order valence-corrected chi connectivity index (χ1v) is 5.67. The van der Waals surface area contributed by atoms with E-state index in [1.165, 1.54) is 6.07 Å². The first-order valence-electron chi connectivity index (χ1n) is 5.04. The number of ketones is 1. The lowest BCUT2D eigenvalue weighted by atomic mass is 10.00. The number of carboxylic acids is 1. The minimum Gasteiger partial charge on any atom is -0.504 e. The minimum absolute atomic E-state index is 0.0716. The molecule has 7 heteroatoms. The van der Waals surface area contributed by atoms with Crippen molar-refractivity contribution in [3.8, 4) is 11.5 Å². The molecular formula is C11H13NO5S. The molecule has 0 aliphatic rings. The molecule has 18 heavy (non-hydrogen) atoms. The van der Waals surface area contributed by atoms with Crippen LogP contribution in [-0.2, 0) is 11.2 Å². The number of carbonyl (C=O) groups is 2. The molecule has 0 bridgehead atoms. The second-order valence-electron chi connectivity index (χ2n) is 3.73. The van der Waals surface area contributed by atoms with Gasteiger partial charge in [-0.15, -0.1) is 0 Å². The molecule has 1 rings (SSSR count). The van der Waals surface area contributed by atoms with E-state index in [2.05, 4.69) is 12.6 Å². The molecule has 0 heterocycles. The summed E-state index contributed by atoms with van der Waals surface area (Å²) in [7, 11) is 0. The molecule has 0 aliphatic carbocycles. The Labute approximate surface area is 108 Å². The summed E-state index contributed by atoms with van der Waals surface area (Å²) < 4.78 is 0. The summed E-state index contributed by atoms with van der Waals surface area (Å²) in [6.45, 7) is 0. The lowest BCUT2D eigenvalue weighted by Gasteiger charge is -2.11. The zero-order valence-corrected chi connectivity index (χ0v) is 10.2. The van der Waals surface area contributed by atoms with Gasteiger partial charge >= 0.3 is 5.97 Å². The molecule has 1 atom stereocenters. The number of carboxylic acid groups (broad SMARTS) is 1. The van der Waals surface area contributed by atoms with Crippen LogP contribution in [0.4, 0.5) is 0 Å². The monoisotopic (exact) mass is 271 g/mol. The van der Waals surface area contributed by atoms with Crippen LogP contribution in [0.2, 0.25) is 0 Å². The van der Waals surface area contributed by atoms with Crippen molar-refractivity contribution in [3.63, 3.8) is 0 Å². The molecule has 0 amide bonds. The number of benzene rings is 1. The van der Waals surface area contributed by atoms with Gasteiger partial charge in [0.25, 0.3) is 0 Å². The van der Waals surface area contributed by atoms with Crippen LogP contribution in [0.15, 0.2) is 12.1 Å². The van der Waals surface area contributed by atoms with Gasteiger partial charge in [0.15, 0.2) is 17.3 Å².